The Morgan fingerprint density at radius 3 is 2.86 bits per heavy atom. The lowest BCUT2D eigenvalue weighted by atomic mass is 9.89. The summed E-state index contributed by atoms with van der Waals surface area (Å²) >= 11 is 0. The van der Waals surface area contributed by atoms with Crippen molar-refractivity contribution < 1.29 is 5.11 Å². The number of nitrogens with zero attached hydrogens (tertiary/aromatic N) is 2. The SMILES string of the molecule is C[C@@H](NC[C@H](O)Cn1cccn1)c1ccc2c(c1)CCCC2. The summed E-state index contributed by atoms with van der Waals surface area (Å²) in [4.78, 5) is 0. The van der Waals surface area contributed by atoms with Crippen molar-refractivity contribution in [1.29, 1.82) is 0 Å². The van der Waals surface area contributed by atoms with Crippen LogP contribution in [0.15, 0.2) is 36.7 Å². The summed E-state index contributed by atoms with van der Waals surface area (Å²) < 4.78 is 1.76. The van der Waals surface area contributed by atoms with Crippen LogP contribution in [0.25, 0.3) is 0 Å². The second-order valence-electron chi connectivity index (χ2n) is 6.25. The predicted molar refractivity (Wildman–Crippen MR) is 87.7 cm³/mol. The number of benzene rings is 1. The molecule has 0 fully saturated rings. The van der Waals surface area contributed by atoms with Gasteiger partial charge in [-0.3, -0.25) is 4.68 Å². The average molecular weight is 299 g/mol. The molecule has 3 rings (SSSR count). The van der Waals surface area contributed by atoms with Gasteiger partial charge >= 0.3 is 0 Å². The number of nitrogens with one attached hydrogen (secondary N) is 1. The lowest BCUT2D eigenvalue weighted by molar-refractivity contribution is 0.143. The summed E-state index contributed by atoms with van der Waals surface area (Å²) in [7, 11) is 0. The molecule has 118 valence electrons. The van der Waals surface area contributed by atoms with E-state index in [1.165, 1.54) is 42.4 Å². The van der Waals surface area contributed by atoms with Crippen LogP contribution in [-0.2, 0) is 19.4 Å². The lowest BCUT2D eigenvalue weighted by Crippen LogP contribution is -2.32. The first-order chi connectivity index (χ1) is 10.7. The number of rotatable bonds is 6. The third kappa shape index (κ3) is 3.76. The molecule has 0 saturated heterocycles. The van der Waals surface area contributed by atoms with Crippen LogP contribution in [0.1, 0.15) is 42.5 Å². The zero-order chi connectivity index (χ0) is 15.4. The van der Waals surface area contributed by atoms with Crippen molar-refractivity contribution in [2.75, 3.05) is 6.54 Å². The van der Waals surface area contributed by atoms with Gasteiger partial charge < -0.3 is 10.4 Å². The van der Waals surface area contributed by atoms with Gasteiger partial charge in [0, 0.05) is 25.0 Å². The minimum atomic E-state index is -0.431. The number of fused-ring (bicyclic) bond motifs is 1. The Kier molecular flexibility index (Phi) is 4.90. The number of aryl methyl sites for hydroxylation is 2. The molecule has 4 nitrogen and oxygen atoms in total. The minimum Gasteiger partial charge on any atom is -0.390 e. The van der Waals surface area contributed by atoms with Gasteiger partial charge in [0.15, 0.2) is 0 Å². The molecule has 1 aliphatic carbocycles. The fourth-order valence-corrected chi connectivity index (χ4v) is 3.14. The number of hydrogen-bond acceptors (Lipinski definition) is 3. The Hall–Kier alpha value is -1.65. The van der Waals surface area contributed by atoms with Crippen molar-refractivity contribution in [3.05, 3.63) is 53.3 Å². The van der Waals surface area contributed by atoms with Crippen LogP contribution in [0.4, 0.5) is 0 Å². The fourth-order valence-electron chi connectivity index (χ4n) is 3.14. The first-order valence-electron chi connectivity index (χ1n) is 8.23. The molecule has 0 aliphatic heterocycles. The molecule has 0 bridgehead atoms. The Bertz CT molecular complexity index is 594. The molecule has 1 aliphatic rings. The second kappa shape index (κ2) is 7.07. The summed E-state index contributed by atoms with van der Waals surface area (Å²) in [6.45, 7) is 3.25. The number of aliphatic hydroxyl groups is 1. The molecule has 0 saturated carbocycles. The van der Waals surface area contributed by atoms with E-state index in [1.54, 1.807) is 10.9 Å². The Morgan fingerprint density at radius 2 is 2.09 bits per heavy atom. The highest BCUT2D eigenvalue weighted by atomic mass is 16.3. The maximum Gasteiger partial charge on any atom is 0.0860 e. The summed E-state index contributed by atoms with van der Waals surface area (Å²) in [5, 5.41) is 17.6. The van der Waals surface area contributed by atoms with Crippen molar-refractivity contribution in [3.8, 4) is 0 Å². The first kappa shape index (κ1) is 15.3. The monoisotopic (exact) mass is 299 g/mol. The molecule has 22 heavy (non-hydrogen) atoms. The Morgan fingerprint density at radius 1 is 1.27 bits per heavy atom. The quantitative estimate of drug-likeness (QED) is 0.861. The molecule has 2 atom stereocenters. The first-order valence-corrected chi connectivity index (χ1v) is 8.23. The van der Waals surface area contributed by atoms with Gasteiger partial charge in [0.25, 0.3) is 0 Å². The van der Waals surface area contributed by atoms with Gasteiger partial charge in [-0.1, -0.05) is 18.2 Å². The standard InChI is InChI=1S/C18H25N3O/c1-14(19-12-18(22)13-21-10-4-9-20-21)16-8-7-15-5-2-3-6-17(15)11-16/h4,7-11,14,18-19,22H,2-3,5-6,12-13H2,1H3/t14-,18+/m1/s1. The third-order valence-corrected chi connectivity index (χ3v) is 4.49. The molecule has 0 spiro atoms. The van der Waals surface area contributed by atoms with Crippen LogP contribution in [0, 0.1) is 0 Å². The van der Waals surface area contributed by atoms with Gasteiger partial charge in [0.05, 0.1) is 12.6 Å². The van der Waals surface area contributed by atoms with Crippen LogP contribution in [0.5, 0.6) is 0 Å². The fraction of sp³-hybridized carbons (Fsp3) is 0.500. The highest BCUT2D eigenvalue weighted by Crippen LogP contribution is 2.24. The molecule has 4 heteroatoms. The number of aromatic nitrogens is 2. The molecule has 1 heterocycles. The highest BCUT2D eigenvalue weighted by molar-refractivity contribution is 5.35. The molecular weight excluding hydrogens is 274 g/mol. The minimum absolute atomic E-state index is 0.250. The van der Waals surface area contributed by atoms with E-state index >= 15 is 0 Å². The van der Waals surface area contributed by atoms with Crippen LogP contribution in [0.3, 0.4) is 0 Å². The summed E-state index contributed by atoms with van der Waals surface area (Å²) in [5.74, 6) is 0. The van der Waals surface area contributed by atoms with Crippen LogP contribution in [-0.4, -0.2) is 27.5 Å². The second-order valence-corrected chi connectivity index (χ2v) is 6.25. The zero-order valence-electron chi connectivity index (χ0n) is 13.2. The number of aliphatic hydroxyl groups excluding tert-OH is 1. The smallest absolute Gasteiger partial charge is 0.0860 e. The van der Waals surface area contributed by atoms with E-state index in [9.17, 15) is 5.11 Å². The third-order valence-electron chi connectivity index (χ3n) is 4.49. The Labute approximate surface area is 132 Å². The number of hydrogen-bond donors (Lipinski definition) is 2. The van der Waals surface area contributed by atoms with Crippen LogP contribution >= 0.6 is 0 Å². The van der Waals surface area contributed by atoms with Gasteiger partial charge in [-0.15, -0.1) is 0 Å². The largest absolute Gasteiger partial charge is 0.390 e. The highest BCUT2D eigenvalue weighted by Gasteiger charge is 2.13. The van der Waals surface area contributed by atoms with Crippen LogP contribution in [0.2, 0.25) is 0 Å². The summed E-state index contributed by atoms with van der Waals surface area (Å²) in [6.07, 6.45) is 8.23. The van der Waals surface area contributed by atoms with Gasteiger partial charge in [-0.25, -0.2) is 0 Å². The van der Waals surface area contributed by atoms with Crippen molar-refractivity contribution in [2.24, 2.45) is 0 Å². The summed E-state index contributed by atoms with van der Waals surface area (Å²) in [5.41, 5.74) is 4.34. The maximum atomic E-state index is 10.1. The van der Waals surface area contributed by atoms with E-state index in [-0.39, 0.29) is 6.04 Å². The molecule has 0 radical (unpaired) electrons. The van der Waals surface area contributed by atoms with E-state index in [4.69, 9.17) is 0 Å². The lowest BCUT2D eigenvalue weighted by Gasteiger charge is -2.21. The van der Waals surface area contributed by atoms with Gasteiger partial charge in [0.2, 0.25) is 0 Å². The van der Waals surface area contributed by atoms with E-state index < -0.39 is 6.10 Å². The van der Waals surface area contributed by atoms with Crippen molar-refractivity contribution in [1.82, 2.24) is 15.1 Å². The van der Waals surface area contributed by atoms with E-state index in [1.807, 2.05) is 12.3 Å². The topological polar surface area (TPSA) is 50.1 Å². The molecule has 1 aromatic heterocycles. The maximum absolute atomic E-state index is 10.1. The van der Waals surface area contributed by atoms with Crippen LogP contribution < -0.4 is 5.32 Å². The van der Waals surface area contributed by atoms with E-state index in [0.29, 0.717) is 13.1 Å². The molecular formula is C18H25N3O. The van der Waals surface area contributed by atoms with Crippen molar-refractivity contribution in [3.63, 3.8) is 0 Å². The van der Waals surface area contributed by atoms with Gasteiger partial charge in [0.1, 0.15) is 0 Å². The molecule has 1 aromatic carbocycles. The molecule has 0 amide bonds. The van der Waals surface area contributed by atoms with Crippen molar-refractivity contribution >= 4 is 0 Å². The molecule has 2 aromatic rings. The normalized spacial score (nSPS) is 17.0. The predicted octanol–water partition coefficient (Wildman–Crippen LogP) is 2.47. The average Bonchev–Trinajstić information content (AvgIpc) is 3.05. The zero-order valence-corrected chi connectivity index (χ0v) is 13.2. The van der Waals surface area contributed by atoms with E-state index in [0.717, 1.165) is 0 Å². The molecule has 0 unspecified atom stereocenters. The van der Waals surface area contributed by atoms with Gasteiger partial charge in [-0.2, -0.15) is 5.10 Å². The summed E-state index contributed by atoms with van der Waals surface area (Å²) in [6, 6.07) is 8.96. The molecule has 2 N–H and O–H groups in total. The van der Waals surface area contributed by atoms with Crippen molar-refractivity contribution in [2.45, 2.75) is 51.3 Å². The Balaban J connectivity index is 1.54. The van der Waals surface area contributed by atoms with E-state index in [2.05, 4.69) is 35.5 Å². The van der Waals surface area contributed by atoms with Gasteiger partial charge in [-0.05, 0) is 55.4 Å².